The Labute approximate surface area is 97.1 Å². The van der Waals surface area contributed by atoms with Crippen molar-refractivity contribution in [1.82, 2.24) is 4.98 Å². The van der Waals surface area contributed by atoms with Gasteiger partial charge in [-0.2, -0.15) is 0 Å². The fourth-order valence-electron chi connectivity index (χ4n) is 1.88. The molecule has 0 radical (unpaired) electrons. The second-order valence-corrected chi connectivity index (χ2v) is 4.04. The molecule has 0 aliphatic heterocycles. The second kappa shape index (κ2) is 3.35. The van der Waals surface area contributed by atoms with E-state index in [0.29, 0.717) is 5.15 Å². The van der Waals surface area contributed by atoms with E-state index in [2.05, 4.69) is 4.98 Å². The molecule has 16 heavy (non-hydrogen) atoms. The number of halogens is 1. The summed E-state index contributed by atoms with van der Waals surface area (Å²) in [6.45, 7) is 0. The van der Waals surface area contributed by atoms with Crippen molar-refractivity contribution < 1.29 is 5.11 Å². The highest BCUT2D eigenvalue weighted by atomic mass is 35.5. The summed E-state index contributed by atoms with van der Waals surface area (Å²) in [5, 5.41) is 13.8. The van der Waals surface area contributed by atoms with Crippen LogP contribution in [0.15, 0.2) is 42.6 Å². The minimum absolute atomic E-state index is 0.158. The highest BCUT2D eigenvalue weighted by Gasteiger charge is 2.06. The number of aromatic hydroxyl groups is 1. The van der Waals surface area contributed by atoms with E-state index in [-0.39, 0.29) is 5.75 Å². The lowest BCUT2D eigenvalue weighted by Crippen LogP contribution is -1.81. The number of benzene rings is 2. The molecule has 1 heterocycles. The van der Waals surface area contributed by atoms with Crippen molar-refractivity contribution in [2.24, 2.45) is 0 Å². The van der Waals surface area contributed by atoms with Gasteiger partial charge < -0.3 is 5.11 Å². The maximum absolute atomic E-state index is 9.73. The summed E-state index contributed by atoms with van der Waals surface area (Å²) in [5.41, 5.74) is 0. The average molecular weight is 230 g/mol. The Morgan fingerprint density at radius 2 is 1.62 bits per heavy atom. The van der Waals surface area contributed by atoms with Crippen LogP contribution in [-0.2, 0) is 0 Å². The van der Waals surface area contributed by atoms with Gasteiger partial charge in [-0.05, 0) is 22.9 Å². The number of hydrogen-bond acceptors (Lipinski definition) is 2. The van der Waals surface area contributed by atoms with Crippen molar-refractivity contribution in [3.8, 4) is 5.75 Å². The van der Waals surface area contributed by atoms with Gasteiger partial charge in [0.1, 0.15) is 10.9 Å². The smallest absolute Gasteiger partial charge is 0.141 e. The average Bonchev–Trinajstić information content (AvgIpc) is 2.32. The molecule has 3 rings (SSSR count). The summed E-state index contributed by atoms with van der Waals surface area (Å²) in [6.07, 6.45) is 1.37. The number of nitrogens with zero attached hydrogens (tertiary/aromatic N) is 1. The molecule has 1 N–H and O–H groups in total. The van der Waals surface area contributed by atoms with Crippen LogP contribution in [0.4, 0.5) is 0 Å². The molecular formula is C13H8ClNO. The highest BCUT2D eigenvalue weighted by Crippen LogP contribution is 2.32. The van der Waals surface area contributed by atoms with Crippen LogP contribution in [0, 0.1) is 0 Å². The van der Waals surface area contributed by atoms with Gasteiger partial charge in [0.15, 0.2) is 0 Å². The third-order valence-electron chi connectivity index (χ3n) is 2.68. The van der Waals surface area contributed by atoms with Crippen LogP contribution >= 0.6 is 11.6 Å². The van der Waals surface area contributed by atoms with Gasteiger partial charge in [-0.3, -0.25) is 0 Å². The first-order chi connectivity index (χ1) is 7.75. The molecule has 0 saturated heterocycles. The first kappa shape index (κ1) is 9.43. The molecule has 0 atom stereocenters. The molecule has 0 unspecified atom stereocenters. The third-order valence-corrected chi connectivity index (χ3v) is 2.99. The van der Waals surface area contributed by atoms with Crippen LogP contribution in [0.3, 0.4) is 0 Å². The predicted octanol–water partition coefficient (Wildman–Crippen LogP) is 3.75. The van der Waals surface area contributed by atoms with Crippen LogP contribution in [0.25, 0.3) is 21.5 Å². The fourth-order valence-corrected chi connectivity index (χ4v) is 2.08. The van der Waals surface area contributed by atoms with Gasteiger partial charge >= 0.3 is 0 Å². The van der Waals surface area contributed by atoms with Crippen LogP contribution in [0.1, 0.15) is 0 Å². The molecule has 0 aliphatic rings. The lowest BCUT2D eigenvalue weighted by atomic mass is 10.1. The van der Waals surface area contributed by atoms with Gasteiger partial charge in [0.25, 0.3) is 0 Å². The molecule has 1 aromatic heterocycles. The van der Waals surface area contributed by atoms with Crippen molar-refractivity contribution in [2.75, 3.05) is 0 Å². The number of fused-ring (bicyclic) bond motifs is 2. The van der Waals surface area contributed by atoms with Crippen LogP contribution in [0.5, 0.6) is 5.75 Å². The molecule has 0 saturated carbocycles. The maximum atomic E-state index is 9.73. The molecule has 0 fully saturated rings. The molecule has 0 bridgehead atoms. The van der Waals surface area contributed by atoms with Gasteiger partial charge in [-0.1, -0.05) is 35.9 Å². The van der Waals surface area contributed by atoms with Crippen LogP contribution in [0.2, 0.25) is 5.15 Å². The minimum Gasteiger partial charge on any atom is -0.506 e. The predicted molar refractivity (Wildman–Crippen MR) is 65.9 cm³/mol. The first-order valence-electron chi connectivity index (χ1n) is 4.92. The topological polar surface area (TPSA) is 33.1 Å². The highest BCUT2D eigenvalue weighted by molar-refractivity contribution is 6.34. The Bertz CT molecular complexity index is 634. The van der Waals surface area contributed by atoms with E-state index in [9.17, 15) is 5.11 Å². The van der Waals surface area contributed by atoms with Crippen molar-refractivity contribution in [3.05, 3.63) is 47.7 Å². The lowest BCUT2D eigenvalue weighted by molar-refractivity contribution is 0.479. The molecule has 3 heteroatoms. The summed E-state index contributed by atoms with van der Waals surface area (Å²) in [4.78, 5) is 3.93. The van der Waals surface area contributed by atoms with E-state index in [1.165, 1.54) is 6.20 Å². The zero-order valence-electron chi connectivity index (χ0n) is 8.31. The van der Waals surface area contributed by atoms with E-state index in [4.69, 9.17) is 11.6 Å². The summed E-state index contributed by atoms with van der Waals surface area (Å²) in [7, 11) is 0. The van der Waals surface area contributed by atoms with Crippen LogP contribution in [-0.4, -0.2) is 10.1 Å². The summed E-state index contributed by atoms with van der Waals surface area (Å²) in [5.74, 6) is 0.158. The summed E-state index contributed by atoms with van der Waals surface area (Å²) in [6, 6.07) is 11.8. The molecule has 78 valence electrons. The van der Waals surface area contributed by atoms with Crippen molar-refractivity contribution in [3.63, 3.8) is 0 Å². The zero-order valence-corrected chi connectivity index (χ0v) is 9.07. The molecule has 0 aliphatic carbocycles. The Balaban J connectivity index is 2.56. The van der Waals surface area contributed by atoms with E-state index < -0.39 is 0 Å². The quantitative estimate of drug-likeness (QED) is 0.471. The van der Waals surface area contributed by atoms with Gasteiger partial charge in [0.2, 0.25) is 0 Å². The van der Waals surface area contributed by atoms with E-state index in [1.54, 1.807) is 0 Å². The molecule has 2 nitrogen and oxygen atoms in total. The molecule has 0 amide bonds. The van der Waals surface area contributed by atoms with Gasteiger partial charge in [-0.25, -0.2) is 4.98 Å². The van der Waals surface area contributed by atoms with E-state index in [0.717, 1.165) is 21.5 Å². The number of pyridine rings is 1. The largest absolute Gasteiger partial charge is 0.506 e. The number of hydrogen-bond donors (Lipinski definition) is 1. The van der Waals surface area contributed by atoms with Gasteiger partial charge in [0.05, 0.1) is 6.20 Å². The Hall–Kier alpha value is -1.80. The monoisotopic (exact) mass is 229 g/mol. The standard InChI is InChI=1S/C13H8ClNO/c14-13-11-6-9-4-2-1-3-8(9)5-10(11)12(16)7-15-13/h1-7,16H. The first-order valence-corrected chi connectivity index (χ1v) is 5.29. The van der Waals surface area contributed by atoms with Gasteiger partial charge in [-0.15, -0.1) is 0 Å². The second-order valence-electron chi connectivity index (χ2n) is 3.68. The van der Waals surface area contributed by atoms with E-state index >= 15 is 0 Å². The Kier molecular flexibility index (Phi) is 1.98. The molecular weight excluding hydrogens is 222 g/mol. The Morgan fingerprint density at radius 3 is 2.31 bits per heavy atom. The normalized spacial score (nSPS) is 11.1. The number of rotatable bonds is 0. The fraction of sp³-hybridized carbons (Fsp3) is 0. The Morgan fingerprint density at radius 1 is 1.00 bits per heavy atom. The van der Waals surface area contributed by atoms with Crippen molar-refractivity contribution >= 4 is 33.1 Å². The minimum atomic E-state index is 0.158. The van der Waals surface area contributed by atoms with E-state index in [1.807, 2.05) is 36.4 Å². The maximum Gasteiger partial charge on any atom is 0.141 e. The lowest BCUT2D eigenvalue weighted by Gasteiger charge is -2.04. The SMILES string of the molecule is Oc1cnc(Cl)c2cc3ccccc3cc12. The van der Waals surface area contributed by atoms with Crippen LogP contribution < -0.4 is 0 Å². The van der Waals surface area contributed by atoms with Crippen molar-refractivity contribution in [1.29, 1.82) is 0 Å². The molecule has 2 aromatic carbocycles. The number of aromatic nitrogens is 1. The molecule has 0 spiro atoms. The summed E-state index contributed by atoms with van der Waals surface area (Å²) >= 11 is 6.01. The van der Waals surface area contributed by atoms with Crippen molar-refractivity contribution in [2.45, 2.75) is 0 Å². The van der Waals surface area contributed by atoms with Gasteiger partial charge in [0, 0.05) is 10.8 Å². The summed E-state index contributed by atoms with van der Waals surface area (Å²) < 4.78 is 0. The molecule has 3 aromatic rings. The zero-order chi connectivity index (χ0) is 11.1. The third kappa shape index (κ3) is 1.31.